The monoisotopic (exact) mass is 285 g/mol. The summed E-state index contributed by atoms with van der Waals surface area (Å²) in [5.41, 5.74) is 5.87. The van der Waals surface area contributed by atoms with Crippen molar-refractivity contribution in [3.05, 3.63) is 35.4 Å². The summed E-state index contributed by atoms with van der Waals surface area (Å²) in [4.78, 5) is 14.5. The lowest BCUT2D eigenvalue weighted by molar-refractivity contribution is 0.0916. The highest BCUT2D eigenvalue weighted by molar-refractivity contribution is 5.95. The predicted octanol–water partition coefficient (Wildman–Crippen LogP) is 1.21. The topological polar surface area (TPSA) is 101 Å². The molecule has 0 unspecified atom stereocenters. The molecule has 0 atom stereocenters. The van der Waals surface area contributed by atoms with Gasteiger partial charge in [0.1, 0.15) is 23.2 Å². The Morgan fingerprint density at radius 1 is 1.43 bits per heavy atom. The second kappa shape index (κ2) is 5.42. The smallest absolute Gasteiger partial charge is 0.315 e. The van der Waals surface area contributed by atoms with Crippen molar-refractivity contribution in [2.24, 2.45) is 0 Å². The van der Waals surface area contributed by atoms with E-state index < -0.39 is 5.91 Å². The maximum absolute atomic E-state index is 12.3. The number of aromatic nitrogens is 2. The van der Waals surface area contributed by atoms with Crippen molar-refractivity contribution in [2.75, 3.05) is 18.8 Å². The third kappa shape index (κ3) is 2.53. The van der Waals surface area contributed by atoms with Crippen LogP contribution in [0.4, 0.5) is 5.82 Å². The van der Waals surface area contributed by atoms with Gasteiger partial charge in [0, 0.05) is 0 Å². The third-order valence-corrected chi connectivity index (χ3v) is 3.57. The summed E-state index contributed by atoms with van der Waals surface area (Å²) in [5, 5.41) is 12.6. The molecule has 0 spiro atoms. The molecule has 0 saturated carbocycles. The van der Waals surface area contributed by atoms with Gasteiger partial charge < -0.3 is 10.2 Å². The lowest BCUT2D eigenvalue weighted by atomic mass is 10.3. The number of furan rings is 1. The van der Waals surface area contributed by atoms with Crippen LogP contribution in [-0.4, -0.2) is 33.7 Å². The van der Waals surface area contributed by atoms with Crippen LogP contribution in [0.2, 0.25) is 0 Å². The number of hydrogen-bond donors (Lipinski definition) is 1. The lowest BCUT2D eigenvalue weighted by Gasteiger charge is -2.11. The molecule has 1 aliphatic rings. The van der Waals surface area contributed by atoms with Gasteiger partial charge in [-0.15, -0.1) is 0 Å². The number of nitrogens with two attached hydrogens (primary N) is 1. The molecule has 1 fully saturated rings. The van der Waals surface area contributed by atoms with Crippen LogP contribution in [0.25, 0.3) is 0 Å². The highest BCUT2D eigenvalue weighted by atomic mass is 16.4. The van der Waals surface area contributed by atoms with Crippen LogP contribution >= 0.6 is 0 Å². The molecule has 2 aromatic heterocycles. The van der Waals surface area contributed by atoms with E-state index in [2.05, 4.69) is 10.00 Å². The van der Waals surface area contributed by atoms with E-state index in [4.69, 9.17) is 15.4 Å². The Hall–Kier alpha value is -2.59. The summed E-state index contributed by atoms with van der Waals surface area (Å²) in [5.74, 6) is 0.469. The van der Waals surface area contributed by atoms with Crippen LogP contribution in [0.15, 0.2) is 22.7 Å². The van der Waals surface area contributed by atoms with Crippen molar-refractivity contribution in [1.82, 2.24) is 14.7 Å². The fraction of sp³-hybridized carbons (Fsp3) is 0.357. The minimum absolute atomic E-state index is 0.0278. The molecule has 2 N–H and O–H groups in total. The summed E-state index contributed by atoms with van der Waals surface area (Å²) in [6.07, 6.45) is 3.67. The SMILES string of the molecule is N#Cc1cnn(C(=O)c2ccc(CN3CCCC3)o2)c1N. The average Bonchev–Trinajstić information content (AvgIpc) is 3.20. The summed E-state index contributed by atoms with van der Waals surface area (Å²) in [6, 6.07) is 5.28. The van der Waals surface area contributed by atoms with Crippen LogP contribution in [-0.2, 0) is 6.54 Å². The fourth-order valence-electron chi connectivity index (χ4n) is 2.45. The summed E-state index contributed by atoms with van der Waals surface area (Å²) < 4.78 is 6.55. The van der Waals surface area contributed by atoms with Gasteiger partial charge in [0.05, 0.1) is 12.7 Å². The Labute approximate surface area is 121 Å². The molecular weight excluding hydrogens is 270 g/mol. The first-order valence-corrected chi connectivity index (χ1v) is 6.78. The van der Waals surface area contributed by atoms with E-state index in [1.165, 1.54) is 19.0 Å². The summed E-state index contributed by atoms with van der Waals surface area (Å²) in [7, 11) is 0. The predicted molar refractivity (Wildman–Crippen MR) is 74.3 cm³/mol. The maximum atomic E-state index is 12.3. The van der Waals surface area contributed by atoms with Gasteiger partial charge in [0.25, 0.3) is 0 Å². The van der Waals surface area contributed by atoms with Crippen molar-refractivity contribution in [3.8, 4) is 6.07 Å². The second-order valence-electron chi connectivity index (χ2n) is 5.02. The molecule has 0 bridgehead atoms. The first-order valence-electron chi connectivity index (χ1n) is 6.78. The number of nitriles is 1. The van der Waals surface area contributed by atoms with E-state index in [9.17, 15) is 4.79 Å². The molecule has 0 aromatic carbocycles. The Bertz CT molecular complexity index is 703. The molecule has 1 aliphatic heterocycles. The number of carbonyl (C=O) groups excluding carboxylic acids is 1. The lowest BCUT2D eigenvalue weighted by Crippen LogP contribution is -2.18. The molecule has 0 radical (unpaired) electrons. The minimum atomic E-state index is -0.471. The van der Waals surface area contributed by atoms with Crippen molar-refractivity contribution in [3.63, 3.8) is 0 Å². The normalized spacial score (nSPS) is 15.2. The number of rotatable bonds is 3. The van der Waals surface area contributed by atoms with Crippen LogP contribution in [0.5, 0.6) is 0 Å². The molecule has 3 heterocycles. The second-order valence-corrected chi connectivity index (χ2v) is 5.02. The molecular formula is C14H15N5O2. The zero-order chi connectivity index (χ0) is 14.8. The van der Waals surface area contributed by atoms with E-state index in [1.54, 1.807) is 12.1 Å². The highest BCUT2D eigenvalue weighted by Gasteiger charge is 2.20. The van der Waals surface area contributed by atoms with Gasteiger partial charge in [0.15, 0.2) is 5.76 Å². The molecule has 7 nitrogen and oxygen atoms in total. The number of anilines is 1. The minimum Gasteiger partial charge on any atom is -0.454 e. The van der Waals surface area contributed by atoms with E-state index in [-0.39, 0.29) is 17.1 Å². The third-order valence-electron chi connectivity index (χ3n) is 3.57. The summed E-state index contributed by atoms with van der Waals surface area (Å²) >= 11 is 0. The van der Waals surface area contributed by atoms with Crippen LogP contribution in [0.3, 0.4) is 0 Å². The van der Waals surface area contributed by atoms with E-state index in [0.717, 1.165) is 23.5 Å². The molecule has 1 saturated heterocycles. The standard InChI is InChI=1S/C14H15N5O2/c15-7-10-8-17-19(13(10)16)14(20)12-4-3-11(21-12)9-18-5-1-2-6-18/h3-4,8H,1-2,5-6,9,16H2. The molecule has 0 amide bonds. The Kier molecular flexibility index (Phi) is 3.46. The van der Waals surface area contributed by atoms with E-state index in [0.29, 0.717) is 6.54 Å². The molecule has 0 aliphatic carbocycles. The summed E-state index contributed by atoms with van der Waals surface area (Å²) in [6.45, 7) is 2.81. The number of hydrogen-bond acceptors (Lipinski definition) is 6. The van der Waals surface area contributed by atoms with Gasteiger partial charge in [-0.05, 0) is 38.1 Å². The molecule has 3 rings (SSSR count). The molecule has 21 heavy (non-hydrogen) atoms. The number of likely N-dealkylation sites (tertiary alicyclic amines) is 1. The zero-order valence-electron chi connectivity index (χ0n) is 11.5. The van der Waals surface area contributed by atoms with Gasteiger partial charge in [-0.1, -0.05) is 0 Å². The van der Waals surface area contributed by atoms with Crippen molar-refractivity contribution >= 4 is 11.7 Å². The number of carbonyl (C=O) groups is 1. The van der Waals surface area contributed by atoms with Crippen LogP contribution < -0.4 is 5.73 Å². The fourth-order valence-corrected chi connectivity index (χ4v) is 2.45. The first-order chi connectivity index (χ1) is 10.2. The highest BCUT2D eigenvalue weighted by Crippen LogP contribution is 2.17. The Morgan fingerprint density at radius 3 is 2.86 bits per heavy atom. The molecule has 108 valence electrons. The molecule has 2 aromatic rings. The van der Waals surface area contributed by atoms with Gasteiger partial charge in [-0.3, -0.25) is 9.69 Å². The molecule has 7 heteroatoms. The van der Waals surface area contributed by atoms with Gasteiger partial charge in [-0.2, -0.15) is 15.0 Å². The Balaban J connectivity index is 1.77. The van der Waals surface area contributed by atoms with Crippen molar-refractivity contribution in [1.29, 1.82) is 5.26 Å². The van der Waals surface area contributed by atoms with Gasteiger partial charge in [0.2, 0.25) is 0 Å². The average molecular weight is 285 g/mol. The van der Waals surface area contributed by atoms with Crippen molar-refractivity contribution in [2.45, 2.75) is 19.4 Å². The maximum Gasteiger partial charge on any atom is 0.315 e. The largest absolute Gasteiger partial charge is 0.454 e. The number of nitrogen functional groups attached to an aromatic ring is 1. The van der Waals surface area contributed by atoms with Gasteiger partial charge >= 0.3 is 5.91 Å². The number of nitrogens with zero attached hydrogens (tertiary/aromatic N) is 4. The van der Waals surface area contributed by atoms with Crippen molar-refractivity contribution < 1.29 is 9.21 Å². The zero-order valence-corrected chi connectivity index (χ0v) is 11.5. The quantitative estimate of drug-likeness (QED) is 0.909. The Morgan fingerprint density at radius 2 is 2.19 bits per heavy atom. The van der Waals surface area contributed by atoms with Gasteiger partial charge in [-0.25, -0.2) is 0 Å². The first kappa shape index (κ1) is 13.4. The van der Waals surface area contributed by atoms with Crippen LogP contribution in [0.1, 0.15) is 34.7 Å². The van der Waals surface area contributed by atoms with Crippen LogP contribution in [0, 0.1) is 11.3 Å². The van der Waals surface area contributed by atoms with E-state index >= 15 is 0 Å². The van der Waals surface area contributed by atoms with E-state index in [1.807, 2.05) is 6.07 Å².